The predicted molar refractivity (Wildman–Crippen MR) is 66.1 cm³/mol. The Morgan fingerprint density at radius 1 is 1.31 bits per heavy atom. The van der Waals surface area contributed by atoms with Crippen LogP contribution in [0.2, 0.25) is 0 Å². The summed E-state index contributed by atoms with van der Waals surface area (Å²) < 4.78 is 5.08. The van der Waals surface area contributed by atoms with Gasteiger partial charge >= 0.3 is 5.97 Å². The molecule has 0 bridgehead atoms. The van der Waals surface area contributed by atoms with Crippen molar-refractivity contribution in [1.82, 2.24) is 5.32 Å². The van der Waals surface area contributed by atoms with Gasteiger partial charge in [-0.05, 0) is 19.5 Å². The molecule has 3 nitrogen and oxygen atoms in total. The summed E-state index contributed by atoms with van der Waals surface area (Å²) in [7, 11) is 1.73. The Balaban J connectivity index is 0.00000106. The van der Waals surface area contributed by atoms with Crippen LogP contribution in [-0.4, -0.2) is 19.1 Å². The van der Waals surface area contributed by atoms with Gasteiger partial charge in [-0.1, -0.05) is 44.2 Å². The third-order valence-corrected chi connectivity index (χ3v) is 2.01. The fraction of sp³-hybridized carbons (Fsp3) is 0.462. The number of carbonyl (C=O) groups is 1. The van der Waals surface area contributed by atoms with E-state index < -0.39 is 0 Å². The molecule has 1 aromatic rings. The Kier molecular flexibility index (Phi) is 8.17. The van der Waals surface area contributed by atoms with E-state index in [4.69, 9.17) is 4.74 Å². The minimum Gasteiger partial charge on any atom is -0.460 e. The molecule has 3 heteroatoms. The van der Waals surface area contributed by atoms with Gasteiger partial charge in [0.25, 0.3) is 0 Å². The predicted octanol–water partition coefficient (Wildman–Crippen LogP) is 2.36. The van der Waals surface area contributed by atoms with E-state index in [-0.39, 0.29) is 12.0 Å². The highest BCUT2D eigenvalue weighted by atomic mass is 16.5. The van der Waals surface area contributed by atoms with Crippen LogP contribution in [0, 0.1) is 0 Å². The molecule has 1 N–H and O–H groups in total. The average Bonchev–Trinajstić information content (AvgIpc) is 2.38. The molecule has 0 aromatic heterocycles. The quantitative estimate of drug-likeness (QED) is 0.796. The molecule has 0 heterocycles. The van der Waals surface area contributed by atoms with E-state index in [1.165, 1.54) is 0 Å². The van der Waals surface area contributed by atoms with Crippen LogP contribution in [0.4, 0.5) is 0 Å². The van der Waals surface area contributed by atoms with Crippen molar-refractivity contribution in [2.45, 2.75) is 33.4 Å². The number of carbonyl (C=O) groups excluding carboxylic acids is 1. The standard InChI is InChI=1S/C11H15NO2.C2H6/c1-9(12-2)11(13)14-8-10-6-4-3-5-7-10;1-2/h3-7,9,12H,8H2,1-2H3;1-2H3. The van der Waals surface area contributed by atoms with Gasteiger partial charge < -0.3 is 10.1 Å². The highest BCUT2D eigenvalue weighted by Crippen LogP contribution is 2.01. The number of rotatable bonds is 4. The first-order valence-corrected chi connectivity index (χ1v) is 5.62. The van der Waals surface area contributed by atoms with Gasteiger partial charge in [-0.2, -0.15) is 0 Å². The van der Waals surface area contributed by atoms with E-state index in [1.807, 2.05) is 44.2 Å². The van der Waals surface area contributed by atoms with Crippen molar-refractivity contribution in [3.63, 3.8) is 0 Å². The molecule has 0 aliphatic rings. The van der Waals surface area contributed by atoms with Gasteiger partial charge in [0.1, 0.15) is 12.6 Å². The van der Waals surface area contributed by atoms with Crippen LogP contribution >= 0.6 is 0 Å². The van der Waals surface area contributed by atoms with Crippen molar-refractivity contribution >= 4 is 5.97 Å². The summed E-state index contributed by atoms with van der Waals surface area (Å²) in [6.45, 7) is 6.11. The third kappa shape index (κ3) is 5.51. The molecule has 1 aromatic carbocycles. The summed E-state index contributed by atoms with van der Waals surface area (Å²) in [4.78, 5) is 11.3. The zero-order valence-electron chi connectivity index (χ0n) is 10.5. The van der Waals surface area contributed by atoms with Crippen molar-refractivity contribution < 1.29 is 9.53 Å². The lowest BCUT2D eigenvalue weighted by molar-refractivity contribution is -0.146. The van der Waals surface area contributed by atoms with Gasteiger partial charge in [0.05, 0.1) is 0 Å². The summed E-state index contributed by atoms with van der Waals surface area (Å²) >= 11 is 0. The summed E-state index contributed by atoms with van der Waals surface area (Å²) in [5.74, 6) is -0.226. The minimum absolute atomic E-state index is 0.226. The normalized spacial score (nSPS) is 11.0. The van der Waals surface area contributed by atoms with Crippen LogP contribution in [0.3, 0.4) is 0 Å². The largest absolute Gasteiger partial charge is 0.460 e. The van der Waals surface area contributed by atoms with Gasteiger partial charge in [-0.15, -0.1) is 0 Å². The van der Waals surface area contributed by atoms with E-state index in [2.05, 4.69) is 5.32 Å². The molecular weight excluding hydrogens is 202 g/mol. The molecule has 16 heavy (non-hydrogen) atoms. The maximum absolute atomic E-state index is 11.3. The van der Waals surface area contributed by atoms with Gasteiger partial charge in [0, 0.05) is 0 Å². The third-order valence-electron chi connectivity index (χ3n) is 2.01. The number of hydrogen-bond donors (Lipinski definition) is 1. The van der Waals surface area contributed by atoms with Crippen LogP contribution in [0.5, 0.6) is 0 Å². The number of nitrogens with one attached hydrogen (secondary N) is 1. The Morgan fingerprint density at radius 3 is 2.38 bits per heavy atom. The molecular formula is C13H21NO2. The molecule has 1 atom stereocenters. The fourth-order valence-electron chi connectivity index (χ4n) is 0.972. The van der Waals surface area contributed by atoms with E-state index >= 15 is 0 Å². The van der Waals surface area contributed by atoms with Gasteiger partial charge in [0.2, 0.25) is 0 Å². The SMILES string of the molecule is CC.CNC(C)C(=O)OCc1ccccc1. The molecule has 0 aliphatic heterocycles. The van der Waals surface area contributed by atoms with E-state index in [1.54, 1.807) is 14.0 Å². The average molecular weight is 223 g/mol. The topological polar surface area (TPSA) is 38.3 Å². The van der Waals surface area contributed by atoms with Crippen LogP contribution in [-0.2, 0) is 16.1 Å². The molecule has 1 unspecified atom stereocenters. The van der Waals surface area contributed by atoms with Gasteiger partial charge in [0.15, 0.2) is 0 Å². The molecule has 0 fully saturated rings. The maximum Gasteiger partial charge on any atom is 0.323 e. The van der Waals surface area contributed by atoms with Crippen molar-refractivity contribution in [2.75, 3.05) is 7.05 Å². The number of benzene rings is 1. The number of ether oxygens (including phenoxy) is 1. The highest BCUT2D eigenvalue weighted by molar-refractivity contribution is 5.75. The molecule has 0 saturated carbocycles. The maximum atomic E-state index is 11.3. The minimum atomic E-state index is -0.251. The van der Waals surface area contributed by atoms with Gasteiger partial charge in [-0.25, -0.2) is 0 Å². The molecule has 0 radical (unpaired) electrons. The van der Waals surface area contributed by atoms with Crippen LogP contribution in [0.15, 0.2) is 30.3 Å². The van der Waals surface area contributed by atoms with E-state index in [9.17, 15) is 4.79 Å². The first-order chi connectivity index (χ1) is 7.74. The molecule has 0 amide bonds. The molecule has 0 spiro atoms. The summed E-state index contributed by atoms with van der Waals surface area (Å²) in [6, 6.07) is 9.38. The van der Waals surface area contributed by atoms with Gasteiger partial charge in [-0.3, -0.25) is 4.79 Å². The van der Waals surface area contributed by atoms with Crippen LogP contribution in [0.1, 0.15) is 26.3 Å². The second kappa shape index (κ2) is 8.92. The Bertz CT molecular complexity index is 285. The smallest absolute Gasteiger partial charge is 0.323 e. The number of likely N-dealkylation sites (N-methyl/N-ethyl adjacent to an activating group) is 1. The van der Waals surface area contributed by atoms with Crippen molar-refractivity contribution in [3.05, 3.63) is 35.9 Å². The number of hydrogen-bond acceptors (Lipinski definition) is 3. The van der Waals surface area contributed by atoms with E-state index in [0.29, 0.717) is 6.61 Å². The second-order valence-corrected chi connectivity index (χ2v) is 3.10. The number of esters is 1. The molecule has 90 valence electrons. The Hall–Kier alpha value is -1.35. The van der Waals surface area contributed by atoms with Crippen molar-refractivity contribution in [2.24, 2.45) is 0 Å². The first kappa shape index (κ1) is 14.6. The lowest BCUT2D eigenvalue weighted by atomic mass is 10.2. The Labute approximate surface area is 97.8 Å². The lowest BCUT2D eigenvalue weighted by Gasteiger charge is -2.09. The van der Waals surface area contributed by atoms with Crippen LogP contribution in [0.25, 0.3) is 0 Å². The summed E-state index contributed by atoms with van der Waals surface area (Å²) in [5.41, 5.74) is 1.00. The van der Waals surface area contributed by atoms with Crippen molar-refractivity contribution in [3.8, 4) is 0 Å². The fourth-order valence-corrected chi connectivity index (χ4v) is 0.972. The highest BCUT2D eigenvalue weighted by Gasteiger charge is 2.10. The molecule has 1 rings (SSSR count). The zero-order valence-corrected chi connectivity index (χ0v) is 10.5. The molecule has 0 saturated heterocycles. The van der Waals surface area contributed by atoms with E-state index in [0.717, 1.165) is 5.56 Å². The first-order valence-electron chi connectivity index (χ1n) is 5.62. The summed E-state index contributed by atoms with van der Waals surface area (Å²) in [6.07, 6.45) is 0. The zero-order chi connectivity index (χ0) is 12.4. The monoisotopic (exact) mass is 223 g/mol. The Morgan fingerprint density at radius 2 is 1.88 bits per heavy atom. The summed E-state index contributed by atoms with van der Waals surface area (Å²) in [5, 5.41) is 2.83. The second-order valence-electron chi connectivity index (χ2n) is 3.10. The van der Waals surface area contributed by atoms with Crippen LogP contribution < -0.4 is 5.32 Å². The lowest BCUT2D eigenvalue weighted by Crippen LogP contribution is -2.32. The molecule has 0 aliphatic carbocycles. The van der Waals surface area contributed by atoms with Crippen molar-refractivity contribution in [1.29, 1.82) is 0 Å².